The first-order valence-electron chi connectivity index (χ1n) is 5.60. The van der Waals surface area contributed by atoms with Gasteiger partial charge in [0.25, 0.3) is 0 Å². The standard InChI is InChI=1S/C13H21NO/c1-4-11(2)9-14-10-12-7-5-6-8-13(12)15-3/h5-8,11,14H,4,9-10H2,1-3H3. The lowest BCUT2D eigenvalue weighted by atomic mass is 10.1. The van der Waals surface area contributed by atoms with Crippen molar-refractivity contribution in [2.45, 2.75) is 26.8 Å². The van der Waals surface area contributed by atoms with E-state index in [9.17, 15) is 0 Å². The topological polar surface area (TPSA) is 21.3 Å². The predicted molar refractivity (Wildman–Crippen MR) is 64.2 cm³/mol. The molecule has 15 heavy (non-hydrogen) atoms. The van der Waals surface area contributed by atoms with Crippen LogP contribution in [0.5, 0.6) is 5.75 Å². The molecule has 0 radical (unpaired) electrons. The third-order valence-electron chi connectivity index (χ3n) is 2.70. The SMILES string of the molecule is CCC(C)CNCc1ccccc1OC. The fraction of sp³-hybridized carbons (Fsp3) is 0.538. The van der Waals surface area contributed by atoms with Crippen LogP contribution in [0.4, 0.5) is 0 Å². The van der Waals surface area contributed by atoms with Crippen molar-refractivity contribution in [1.82, 2.24) is 5.32 Å². The van der Waals surface area contributed by atoms with E-state index in [1.54, 1.807) is 7.11 Å². The van der Waals surface area contributed by atoms with Crippen molar-refractivity contribution in [2.24, 2.45) is 5.92 Å². The molecular weight excluding hydrogens is 186 g/mol. The summed E-state index contributed by atoms with van der Waals surface area (Å²) in [6.07, 6.45) is 1.22. The van der Waals surface area contributed by atoms with E-state index in [0.29, 0.717) is 0 Å². The lowest BCUT2D eigenvalue weighted by molar-refractivity contribution is 0.405. The quantitative estimate of drug-likeness (QED) is 0.774. The molecule has 0 fully saturated rings. The second-order valence-corrected chi connectivity index (χ2v) is 3.96. The Kier molecular flexibility index (Phi) is 5.19. The summed E-state index contributed by atoms with van der Waals surface area (Å²) in [5.41, 5.74) is 1.23. The lowest BCUT2D eigenvalue weighted by Crippen LogP contribution is -2.20. The minimum absolute atomic E-state index is 0.736. The highest BCUT2D eigenvalue weighted by Crippen LogP contribution is 2.16. The number of benzene rings is 1. The zero-order valence-corrected chi connectivity index (χ0v) is 9.92. The highest BCUT2D eigenvalue weighted by molar-refractivity contribution is 5.32. The molecule has 0 aliphatic heterocycles. The normalized spacial score (nSPS) is 12.5. The first kappa shape index (κ1) is 12.1. The van der Waals surface area contributed by atoms with Crippen molar-refractivity contribution >= 4 is 0 Å². The van der Waals surface area contributed by atoms with Crippen LogP contribution >= 0.6 is 0 Å². The van der Waals surface area contributed by atoms with E-state index in [1.165, 1.54) is 12.0 Å². The Labute approximate surface area is 92.6 Å². The number of hydrogen-bond acceptors (Lipinski definition) is 2. The molecule has 84 valence electrons. The summed E-state index contributed by atoms with van der Waals surface area (Å²) in [6, 6.07) is 8.14. The second-order valence-electron chi connectivity index (χ2n) is 3.96. The van der Waals surface area contributed by atoms with Gasteiger partial charge in [-0.1, -0.05) is 38.5 Å². The predicted octanol–water partition coefficient (Wildman–Crippen LogP) is 2.83. The summed E-state index contributed by atoms with van der Waals surface area (Å²) in [5.74, 6) is 1.70. The van der Waals surface area contributed by atoms with Crippen molar-refractivity contribution in [3.8, 4) is 5.75 Å². The maximum absolute atomic E-state index is 5.29. The van der Waals surface area contributed by atoms with Gasteiger partial charge in [0.2, 0.25) is 0 Å². The largest absolute Gasteiger partial charge is 0.496 e. The Balaban J connectivity index is 2.43. The number of nitrogens with one attached hydrogen (secondary N) is 1. The van der Waals surface area contributed by atoms with Gasteiger partial charge in [0.05, 0.1) is 7.11 Å². The van der Waals surface area contributed by atoms with Gasteiger partial charge in [-0.05, 0) is 18.5 Å². The Hall–Kier alpha value is -1.02. The molecular formula is C13H21NO. The molecule has 1 rings (SSSR count). The van der Waals surface area contributed by atoms with Gasteiger partial charge >= 0.3 is 0 Å². The summed E-state index contributed by atoms with van der Waals surface area (Å²) in [7, 11) is 1.72. The first-order valence-corrected chi connectivity index (χ1v) is 5.60. The number of para-hydroxylation sites is 1. The van der Waals surface area contributed by atoms with Crippen LogP contribution in [0.25, 0.3) is 0 Å². The molecule has 0 saturated heterocycles. The van der Waals surface area contributed by atoms with Gasteiger partial charge in [0.1, 0.15) is 5.75 Å². The average molecular weight is 207 g/mol. The smallest absolute Gasteiger partial charge is 0.123 e. The maximum Gasteiger partial charge on any atom is 0.123 e. The molecule has 0 bridgehead atoms. The van der Waals surface area contributed by atoms with Crippen molar-refractivity contribution in [2.75, 3.05) is 13.7 Å². The van der Waals surface area contributed by atoms with Gasteiger partial charge in [-0.2, -0.15) is 0 Å². The van der Waals surface area contributed by atoms with Gasteiger partial charge in [-0.3, -0.25) is 0 Å². The summed E-state index contributed by atoms with van der Waals surface area (Å²) in [5, 5.41) is 3.45. The molecule has 2 nitrogen and oxygen atoms in total. The molecule has 0 aromatic heterocycles. The van der Waals surface area contributed by atoms with Crippen LogP contribution < -0.4 is 10.1 Å². The molecule has 1 aromatic carbocycles. The van der Waals surface area contributed by atoms with Crippen LogP contribution in [0.2, 0.25) is 0 Å². The Morgan fingerprint density at radius 1 is 1.33 bits per heavy atom. The third kappa shape index (κ3) is 3.92. The number of methoxy groups -OCH3 is 1. The number of hydrogen-bond donors (Lipinski definition) is 1. The zero-order chi connectivity index (χ0) is 11.1. The molecule has 0 spiro atoms. The zero-order valence-electron chi connectivity index (χ0n) is 9.92. The van der Waals surface area contributed by atoms with Crippen molar-refractivity contribution in [3.05, 3.63) is 29.8 Å². The van der Waals surface area contributed by atoms with E-state index < -0.39 is 0 Å². The minimum Gasteiger partial charge on any atom is -0.496 e. The van der Waals surface area contributed by atoms with E-state index in [2.05, 4.69) is 25.2 Å². The highest BCUT2D eigenvalue weighted by Gasteiger charge is 2.02. The van der Waals surface area contributed by atoms with Crippen molar-refractivity contribution < 1.29 is 4.74 Å². The third-order valence-corrected chi connectivity index (χ3v) is 2.70. The fourth-order valence-corrected chi connectivity index (χ4v) is 1.45. The molecule has 1 unspecified atom stereocenters. The maximum atomic E-state index is 5.29. The lowest BCUT2D eigenvalue weighted by Gasteiger charge is -2.12. The van der Waals surface area contributed by atoms with E-state index in [4.69, 9.17) is 4.74 Å². The van der Waals surface area contributed by atoms with Gasteiger partial charge in [-0.25, -0.2) is 0 Å². The van der Waals surface area contributed by atoms with Gasteiger partial charge in [0, 0.05) is 12.1 Å². The molecule has 0 heterocycles. The summed E-state index contributed by atoms with van der Waals surface area (Å²) in [6.45, 7) is 6.42. The summed E-state index contributed by atoms with van der Waals surface area (Å²) in [4.78, 5) is 0. The average Bonchev–Trinajstić information content (AvgIpc) is 2.29. The van der Waals surface area contributed by atoms with E-state index in [0.717, 1.165) is 24.8 Å². The van der Waals surface area contributed by atoms with E-state index >= 15 is 0 Å². The van der Waals surface area contributed by atoms with Crippen molar-refractivity contribution in [3.63, 3.8) is 0 Å². The monoisotopic (exact) mass is 207 g/mol. The van der Waals surface area contributed by atoms with E-state index in [1.807, 2.05) is 18.2 Å². The molecule has 0 saturated carbocycles. The van der Waals surface area contributed by atoms with Crippen LogP contribution in [0.1, 0.15) is 25.8 Å². The van der Waals surface area contributed by atoms with Crippen LogP contribution in [0.15, 0.2) is 24.3 Å². The summed E-state index contributed by atoms with van der Waals surface area (Å²) < 4.78 is 5.29. The molecule has 1 atom stereocenters. The minimum atomic E-state index is 0.736. The van der Waals surface area contributed by atoms with Crippen molar-refractivity contribution in [1.29, 1.82) is 0 Å². The number of rotatable bonds is 6. The van der Waals surface area contributed by atoms with Gasteiger partial charge in [-0.15, -0.1) is 0 Å². The van der Waals surface area contributed by atoms with E-state index in [-0.39, 0.29) is 0 Å². The van der Waals surface area contributed by atoms with Crippen LogP contribution in [-0.4, -0.2) is 13.7 Å². The highest BCUT2D eigenvalue weighted by atomic mass is 16.5. The second kappa shape index (κ2) is 6.46. The number of ether oxygens (including phenoxy) is 1. The molecule has 2 heteroatoms. The van der Waals surface area contributed by atoms with Crippen LogP contribution in [0, 0.1) is 5.92 Å². The van der Waals surface area contributed by atoms with Gasteiger partial charge < -0.3 is 10.1 Å². The molecule has 0 aliphatic rings. The fourth-order valence-electron chi connectivity index (χ4n) is 1.45. The molecule has 0 aliphatic carbocycles. The summed E-state index contributed by atoms with van der Waals surface area (Å²) >= 11 is 0. The van der Waals surface area contributed by atoms with Crippen LogP contribution in [-0.2, 0) is 6.54 Å². The Bertz CT molecular complexity index is 286. The molecule has 1 N–H and O–H groups in total. The van der Waals surface area contributed by atoms with Crippen LogP contribution in [0.3, 0.4) is 0 Å². The first-order chi connectivity index (χ1) is 7.27. The Morgan fingerprint density at radius 2 is 2.07 bits per heavy atom. The molecule has 0 amide bonds. The van der Waals surface area contributed by atoms with Gasteiger partial charge in [0.15, 0.2) is 0 Å². The Morgan fingerprint density at radius 3 is 2.73 bits per heavy atom. The molecule has 1 aromatic rings.